The molecule has 114 valence electrons. The summed E-state index contributed by atoms with van der Waals surface area (Å²) in [6.07, 6.45) is 0. The molecule has 0 saturated carbocycles. The molecule has 1 aromatic carbocycles. The zero-order valence-corrected chi connectivity index (χ0v) is 14.1. The van der Waals surface area contributed by atoms with Crippen LogP contribution in [-0.4, -0.2) is 26.4 Å². The molecule has 0 aliphatic rings. The second-order valence-electron chi connectivity index (χ2n) is 4.31. The minimum atomic E-state index is -3.52. The average molecular weight is 346 g/mol. The monoisotopic (exact) mass is 345 g/mol. The predicted octanol–water partition coefficient (Wildman–Crippen LogP) is 3.62. The van der Waals surface area contributed by atoms with Crippen LogP contribution in [-0.2, 0) is 16.6 Å². The van der Waals surface area contributed by atoms with Crippen LogP contribution in [0.15, 0.2) is 41.3 Å². The molecule has 7 heteroatoms. The van der Waals surface area contributed by atoms with Crippen molar-refractivity contribution >= 4 is 33.0 Å². The topological polar surface area (TPSA) is 46.6 Å². The molecule has 0 amide bonds. The van der Waals surface area contributed by atoms with Crippen LogP contribution in [0, 0.1) is 0 Å². The van der Waals surface area contributed by atoms with Crippen molar-refractivity contribution in [3.05, 3.63) is 45.6 Å². The zero-order valence-electron chi connectivity index (χ0n) is 11.7. The molecule has 0 unspecified atom stereocenters. The number of hydrogen-bond acceptors (Lipinski definition) is 4. The van der Waals surface area contributed by atoms with Gasteiger partial charge in [0.1, 0.15) is 5.75 Å². The van der Waals surface area contributed by atoms with E-state index in [1.54, 1.807) is 37.4 Å². The number of ether oxygens (including phenoxy) is 1. The van der Waals surface area contributed by atoms with E-state index < -0.39 is 10.0 Å². The quantitative estimate of drug-likeness (QED) is 0.803. The van der Waals surface area contributed by atoms with Crippen LogP contribution in [0.25, 0.3) is 0 Å². The van der Waals surface area contributed by atoms with Crippen molar-refractivity contribution in [2.75, 3.05) is 13.7 Å². The summed E-state index contributed by atoms with van der Waals surface area (Å²) in [5.41, 5.74) is 0. The predicted molar refractivity (Wildman–Crippen MR) is 85.6 cm³/mol. The highest BCUT2D eigenvalue weighted by atomic mass is 35.5. The van der Waals surface area contributed by atoms with Gasteiger partial charge in [0.25, 0.3) is 0 Å². The molecule has 2 rings (SSSR count). The lowest BCUT2D eigenvalue weighted by Gasteiger charge is -2.20. The maximum atomic E-state index is 12.6. The lowest BCUT2D eigenvalue weighted by Crippen LogP contribution is -2.30. The van der Waals surface area contributed by atoms with E-state index >= 15 is 0 Å². The maximum Gasteiger partial charge on any atom is 0.243 e. The fraction of sp³-hybridized carbons (Fsp3) is 0.286. The molecule has 1 heterocycles. The summed E-state index contributed by atoms with van der Waals surface area (Å²) in [4.78, 5) is 1.17. The number of sulfonamides is 1. The summed E-state index contributed by atoms with van der Waals surface area (Å²) in [7, 11) is -1.98. The van der Waals surface area contributed by atoms with E-state index in [2.05, 4.69) is 0 Å². The molecule has 0 aliphatic heterocycles. The number of halogens is 1. The van der Waals surface area contributed by atoms with Crippen LogP contribution in [0.3, 0.4) is 0 Å². The summed E-state index contributed by atoms with van der Waals surface area (Å²) in [5.74, 6) is 0.627. The first-order valence-corrected chi connectivity index (χ1v) is 8.99. The van der Waals surface area contributed by atoms with Crippen molar-refractivity contribution in [2.45, 2.75) is 18.4 Å². The van der Waals surface area contributed by atoms with Crippen LogP contribution >= 0.6 is 22.9 Å². The van der Waals surface area contributed by atoms with E-state index in [4.69, 9.17) is 16.3 Å². The van der Waals surface area contributed by atoms with Gasteiger partial charge in [-0.1, -0.05) is 18.5 Å². The molecule has 0 spiro atoms. The lowest BCUT2D eigenvalue weighted by atomic mass is 10.3. The fourth-order valence-corrected chi connectivity index (χ4v) is 4.49. The first kappa shape index (κ1) is 16.3. The first-order chi connectivity index (χ1) is 9.97. The Hall–Kier alpha value is -1.08. The summed E-state index contributed by atoms with van der Waals surface area (Å²) in [5, 5.41) is 0. The molecular formula is C14H16ClNO3S2. The minimum Gasteiger partial charge on any atom is -0.497 e. The van der Waals surface area contributed by atoms with Gasteiger partial charge in [-0.05, 0) is 36.4 Å². The Balaban J connectivity index is 2.25. The van der Waals surface area contributed by atoms with Gasteiger partial charge in [-0.15, -0.1) is 11.3 Å². The number of benzene rings is 1. The maximum absolute atomic E-state index is 12.6. The summed E-state index contributed by atoms with van der Waals surface area (Å²) in [6.45, 7) is 2.53. The Morgan fingerprint density at radius 1 is 1.19 bits per heavy atom. The van der Waals surface area contributed by atoms with Crippen LogP contribution in [0.1, 0.15) is 11.8 Å². The van der Waals surface area contributed by atoms with Crippen molar-refractivity contribution in [3.63, 3.8) is 0 Å². The molecule has 21 heavy (non-hydrogen) atoms. The molecule has 0 bridgehead atoms. The standard InChI is InChI=1S/C14H16ClNO3S2/c1-3-16(10-12-6-9-14(15)20-12)21(17,18)13-7-4-11(19-2)5-8-13/h4-9H,3,10H2,1-2H3. The van der Waals surface area contributed by atoms with E-state index in [1.807, 2.05) is 13.0 Å². The Morgan fingerprint density at radius 2 is 1.86 bits per heavy atom. The molecule has 4 nitrogen and oxygen atoms in total. The SMILES string of the molecule is CCN(Cc1ccc(Cl)s1)S(=O)(=O)c1ccc(OC)cc1. The lowest BCUT2D eigenvalue weighted by molar-refractivity contribution is 0.413. The van der Waals surface area contributed by atoms with E-state index in [0.29, 0.717) is 23.2 Å². The summed E-state index contributed by atoms with van der Waals surface area (Å²) < 4.78 is 32.4. The number of nitrogens with zero attached hydrogens (tertiary/aromatic N) is 1. The highest BCUT2D eigenvalue weighted by Gasteiger charge is 2.23. The second kappa shape index (κ2) is 6.79. The van der Waals surface area contributed by atoms with Crippen LogP contribution in [0.5, 0.6) is 5.75 Å². The highest BCUT2D eigenvalue weighted by molar-refractivity contribution is 7.89. The average Bonchev–Trinajstić information content (AvgIpc) is 2.90. The van der Waals surface area contributed by atoms with Gasteiger partial charge in [0.05, 0.1) is 16.3 Å². The first-order valence-electron chi connectivity index (χ1n) is 6.35. The van der Waals surface area contributed by atoms with Gasteiger partial charge in [0.2, 0.25) is 10.0 Å². The van der Waals surface area contributed by atoms with E-state index in [9.17, 15) is 8.42 Å². The molecule has 2 aromatic rings. The Morgan fingerprint density at radius 3 is 2.33 bits per heavy atom. The second-order valence-corrected chi connectivity index (χ2v) is 8.05. The molecule has 0 radical (unpaired) electrons. The molecule has 0 atom stereocenters. The molecular weight excluding hydrogens is 330 g/mol. The number of hydrogen-bond donors (Lipinski definition) is 0. The summed E-state index contributed by atoms with van der Waals surface area (Å²) in [6, 6.07) is 10.0. The third-order valence-corrected chi connectivity index (χ3v) is 6.16. The third-order valence-electron chi connectivity index (χ3n) is 3.01. The van der Waals surface area contributed by atoms with Crippen molar-refractivity contribution < 1.29 is 13.2 Å². The van der Waals surface area contributed by atoms with Gasteiger partial charge in [0.15, 0.2) is 0 Å². The number of methoxy groups -OCH3 is 1. The summed E-state index contributed by atoms with van der Waals surface area (Å²) >= 11 is 7.28. The Bertz CT molecular complexity index is 695. The van der Waals surface area contributed by atoms with Gasteiger partial charge in [-0.2, -0.15) is 4.31 Å². The van der Waals surface area contributed by atoms with Crippen molar-refractivity contribution in [1.29, 1.82) is 0 Å². The van der Waals surface area contributed by atoms with Crippen LogP contribution in [0.2, 0.25) is 4.34 Å². The van der Waals surface area contributed by atoms with Gasteiger partial charge >= 0.3 is 0 Å². The Labute approximate surface area is 134 Å². The normalized spacial score (nSPS) is 11.8. The smallest absolute Gasteiger partial charge is 0.243 e. The fourth-order valence-electron chi connectivity index (χ4n) is 1.87. The third kappa shape index (κ3) is 3.77. The van der Waals surface area contributed by atoms with Gasteiger partial charge in [0, 0.05) is 18.0 Å². The van der Waals surface area contributed by atoms with E-state index in [0.717, 1.165) is 4.88 Å². The van der Waals surface area contributed by atoms with Crippen molar-refractivity contribution in [2.24, 2.45) is 0 Å². The van der Waals surface area contributed by atoms with E-state index in [-0.39, 0.29) is 4.90 Å². The van der Waals surface area contributed by atoms with Gasteiger partial charge in [-0.25, -0.2) is 8.42 Å². The number of rotatable bonds is 6. The van der Waals surface area contributed by atoms with Crippen LogP contribution in [0.4, 0.5) is 0 Å². The molecule has 0 aliphatic carbocycles. The molecule has 0 N–H and O–H groups in total. The minimum absolute atomic E-state index is 0.257. The van der Waals surface area contributed by atoms with E-state index in [1.165, 1.54) is 15.6 Å². The number of thiophene rings is 1. The molecule has 0 saturated heterocycles. The van der Waals surface area contributed by atoms with Gasteiger partial charge < -0.3 is 4.74 Å². The van der Waals surface area contributed by atoms with Crippen molar-refractivity contribution in [3.8, 4) is 5.75 Å². The van der Waals surface area contributed by atoms with Crippen LogP contribution < -0.4 is 4.74 Å². The zero-order chi connectivity index (χ0) is 15.5. The van der Waals surface area contributed by atoms with Gasteiger partial charge in [-0.3, -0.25) is 0 Å². The van der Waals surface area contributed by atoms with Crippen molar-refractivity contribution in [1.82, 2.24) is 4.31 Å². The highest BCUT2D eigenvalue weighted by Crippen LogP contribution is 2.26. The Kier molecular flexibility index (Phi) is 5.27. The molecule has 1 aromatic heterocycles. The molecule has 0 fully saturated rings. The largest absolute Gasteiger partial charge is 0.497 e.